The number of aliphatic carboxylic acids is 1. The molecule has 0 aliphatic rings. The van der Waals surface area contributed by atoms with Crippen LogP contribution >= 0.6 is 0 Å². The number of carboxylic acids is 1. The minimum atomic E-state index is -0.977. The second-order valence-corrected chi connectivity index (χ2v) is 4.10. The van der Waals surface area contributed by atoms with Gasteiger partial charge in [0.25, 0.3) is 0 Å². The number of hydrogen-bond donors (Lipinski definition) is 2. The Bertz CT molecular complexity index is 207. The summed E-state index contributed by atoms with van der Waals surface area (Å²) in [6.45, 7) is 7.03. The molecule has 0 saturated heterocycles. The van der Waals surface area contributed by atoms with Crippen LogP contribution in [-0.4, -0.2) is 21.8 Å². The van der Waals surface area contributed by atoms with Crippen LogP contribution in [0.3, 0.4) is 0 Å². The Balaban J connectivity index is 4.57. The predicted octanol–water partition coefficient (Wildman–Crippen LogP) is 1.81. The molecule has 0 aromatic carbocycles. The average Bonchev–Trinajstić information content (AvgIpc) is 1.81. The third-order valence-electron chi connectivity index (χ3n) is 1.84. The molecule has 0 aliphatic carbocycles. The molecule has 0 aromatic rings. The van der Waals surface area contributed by atoms with Crippen LogP contribution < -0.4 is 0 Å². The van der Waals surface area contributed by atoms with Crippen molar-refractivity contribution >= 4 is 5.97 Å². The molecule has 0 unspecified atom stereocenters. The molecule has 0 amide bonds. The van der Waals surface area contributed by atoms with Crippen LogP contribution in [-0.2, 0) is 4.79 Å². The predicted molar refractivity (Wildman–Crippen MR) is 51.5 cm³/mol. The highest BCUT2D eigenvalue weighted by molar-refractivity contribution is 5.67. The summed E-state index contributed by atoms with van der Waals surface area (Å²) in [6, 6.07) is 0. The van der Waals surface area contributed by atoms with Crippen LogP contribution in [0.5, 0.6) is 0 Å². The van der Waals surface area contributed by atoms with Gasteiger partial charge in [-0.05, 0) is 27.7 Å². The molecule has 3 heteroatoms. The monoisotopic (exact) mass is 186 g/mol. The smallest absolute Gasteiger partial charge is 0.304 e. The van der Waals surface area contributed by atoms with Crippen LogP contribution in [0, 0.1) is 5.92 Å². The molecule has 76 valence electrons. The summed E-state index contributed by atoms with van der Waals surface area (Å²) in [7, 11) is 0. The number of carbonyl (C=O) groups is 1. The maximum Gasteiger partial charge on any atom is 0.304 e. The zero-order valence-electron chi connectivity index (χ0n) is 8.66. The first-order chi connectivity index (χ1) is 5.73. The summed E-state index contributed by atoms with van der Waals surface area (Å²) in [6.07, 6.45) is 1.77. The molecule has 13 heavy (non-hydrogen) atoms. The molecule has 0 spiro atoms. The van der Waals surface area contributed by atoms with Crippen LogP contribution in [0.15, 0.2) is 11.6 Å². The Hall–Kier alpha value is -0.830. The fraction of sp³-hybridized carbons (Fsp3) is 0.700. The summed E-state index contributed by atoms with van der Waals surface area (Å²) < 4.78 is 0. The van der Waals surface area contributed by atoms with Crippen molar-refractivity contribution in [2.45, 2.75) is 39.7 Å². The Morgan fingerprint density at radius 1 is 1.46 bits per heavy atom. The highest BCUT2D eigenvalue weighted by Crippen LogP contribution is 2.22. The van der Waals surface area contributed by atoms with Gasteiger partial charge in [0.1, 0.15) is 0 Å². The summed E-state index contributed by atoms with van der Waals surface area (Å²) in [4.78, 5) is 10.5. The van der Waals surface area contributed by atoms with Gasteiger partial charge in [-0.2, -0.15) is 0 Å². The molecule has 0 fully saturated rings. The molecule has 0 heterocycles. The maximum absolute atomic E-state index is 10.5. The summed E-state index contributed by atoms with van der Waals surface area (Å²) in [5, 5.41) is 18.3. The van der Waals surface area contributed by atoms with Gasteiger partial charge in [0.15, 0.2) is 0 Å². The SMILES string of the molecule is CC(C)=C[C@H](CC(=O)O)C(C)(C)O. The standard InChI is InChI=1S/C10H18O3/c1-7(2)5-8(6-9(11)12)10(3,4)13/h5,8,13H,6H2,1-4H3,(H,11,12)/t8-/m1/s1. The molecule has 0 aromatic heterocycles. The van der Waals surface area contributed by atoms with Crippen molar-refractivity contribution in [3.63, 3.8) is 0 Å². The Labute approximate surface area is 79.1 Å². The molecule has 0 saturated carbocycles. The van der Waals surface area contributed by atoms with Gasteiger partial charge in [-0.3, -0.25) is 4.79 Å². The van der Waals surface area contributed by atoms with Gasteiger partial charge in [-0.25, -0.2) is 0 Å². The number of rotatable bonds is 4. The number of allylic oxidation sites excluding steroid dienone is 1. The van der Waals surface area contributed by atoms with Gasteiger partial charge in [-0.1, -0.05) is 11.6 Å². The van der Waals surface area contributed by atoms with Gasteiger partial charge >= 0.3 is 5.97 Å². The average molecular weight is 186 g/mol. The summed E-state index contributed by atoms with van der Waals surface area (Å²) in [5.74, 6) is -1.21. The fourth-order valence-corrected chi connectivity index (χ4v) is 1.10. The molecule has 0 radical (unpaired) electrons. The van der Waals surface area contributed by atoms with Gasteiger partial charge < -0.3 is 10.2 Å². The van der Waals surface area contributed by atoms with Crippen molar-refractivity contribution in [1.29, 1.82) is 0 Å². The van der Waals surface area contributed by atoms with E-state index in [1.54, 1.807) is 19.9 Å². The molecule has 3 nitrogen and oxygen atoms in total. The summed E-state index contributed by atoms with van der Waals surface area (Å²) >= 11 is 0. The lowest BCUT2D eigenvalue weighted by atomic mass is 9.87. The third-order valence-corrected chi connectivity index (χ3v) is 1.84. The third kappa shape index (κ3) is 5.42. The second kappa shape index (κ2) is 4.42. The van der Waals surface area contributed by atoms with Gasteiger partial charge in [-0.15, -0.1) is 0 Å². The van der Waals surface area contributed by atoms with E-state index in [0.29, 0.717) is 0 Å². The van der Waals surface area contributed by atoms with Crippen molar-refractivity contribution in [3.8, 4) is 0 Å². The van der Waals surface area contributed by atoms with E-state index in [4.69, 9.17) is 5.11 Å². The lowest BCUT2D eigenvalue weighted by molar-refractivity contribution is -0.139. The molecule has 0 bridgehead atoms. The fourth-order valence-electron chi connectivity index (χ4n) is 1.10. The van der Waals surface area contributed by atoms with E-state index in [-0.39, 0.29) is 12.3 Å². The van der Waals surface area contributed by atoms with Crippen molar-refractivity contribution in [2.24, 2.45) is 5.92 Å². The minimum absolute atomic E-state index is 0.0331. The molecule has 0 aliphatic heterocycles. The molecule has 2 N–H and O–H groups in total. The topological polar surface area (TPSA) is 57.5 Å². The van der Waals surface area contributed by atoms with E-state index in [0.717, 1.165) is 5.57 Å². The number of aliphatic hydroxyl groups is 1. The molecule has 1 atom stereocenters. The highest BCUT2D eigenvalue weighted by Gasteiger charge is 2.26. The molecular formula is C10H18O3. The molecular weight excluding hydrogens is 168 g/mol. The van der Waals surface area contributed by atoms with E-state index in [1.807, 2.05) is 13.8 Å². The van der Waals surface area contributed by atoms with E-state index >= 15 is 0 Å². The van der Waals surface area contributed by atoms with Crippen molar-refractivity contribution in [1.82, 2.24) is 0 Å². The highest BCUT2D eigenvalue weighted by atomic mass is 16.4. The van der Waals surface area contributed by atoms with E-state index in [2.05, 4.69) is 0 Å². The van der Waals surface area contributed by atoms with E-state index in [1.165, 1.54) is 0 Å². The van der Waals surface area contributed by atoms with Gasteiger partial charge in [0.05, 0.1) is 12.0 Å². The van der Waals surface area contributed by atoms with E-state index < -0.39 is 11.6 Å². The first-order valence-electron chi connectivity index (χ1n) is 4.32. The van der Waals surface area contributed by atoms with Crippen molar-refractivity contribution in [3.05, 3.63) is 11.6 Å². The first-order valence-corrected chi connectivity index (χ1v) is 4.32. The van der Waals surface area contributed by atoms with Crippen LogP contribution in [0.2, 0.25) is 0 Å². The summed E-state index contributed by atoms with van der Waals surface area (Å²) in [5.41, 5.74) is 0.0451. The van der Waals surface area contributed by atoms with Crippen molar-refractivity contribution in [2.75, 3.05) is 0 Å². The lowest BCUT2D eigenvalue weighted by Crippen LogP contribution is -2.31. The Morgan fingerprint density at radius 2 is 1.92 bits per heavy atom. The number of carboxylic acid groups (broad SMARTS) is 1. The van der Waals surface area contributed by atoms with Gasteiger partial charge in [0.2, 0.25) is 0 Å². The number of hydrogen-bond acceptors (Lipinski definition) is 2. The van der Waals surface area contributed by atoms with Gasteiger partial charge in [0, 0.05) is 5.92 Å². The quantitative estimate of drug-likeness (QED) is 0.658. The maximum atomic E-state index is 10.5. The zero-order chi connectivity index (χ0) is 10.6. The van der Waals surface area contributed by atoms with Crippen molar-refractivity contribution < 1.29 is 15.0 Å². The molecule has 0 rings (SSSR count). The van der Waals surface area contributed by atoms with Crippen LogP contribution in [0.25, 0.3) is 0 Å². The van der Waals surface area contributed by atoms with Crippen LogP contribution in [0.1, 0.15) is 34.1 Å². The second-order valence-electron chi connectivity index (χ2n) is 4.10. The largest absolute Gasteiger partial charge is 0.481 e. The normalized spacial score (nSPS) is 13.6. The Kier molecular flexibility index (Phi) is 4.14. The van der Waals surface area contributed by atoms with E-state index in [9.17, 15) is 9.90 Å². The zero-order valence-corrected chi connectivity index (χ0v) is 8.66. The lowest BCUT2D eigenvalue weighted by Gasteiger charge is -2.25. The Morgan fingerprint density at radius 3 is 2.15 bits per heavy atom. The minimum Gasteiger partial charge on any atom is -0.481 e. The van der Waals surface area contributed by atoms with Crippen LogP contribution in [0.4, 0.5) is 0 Å². The first kappa shape index (κ1) is 12.2.